The van der Waals surface area contributed by atoms with E-state index in [-0.39, 0.29) is 17.8 Å². The Kier molecular flexibility index (Phi) is 5.84. The molecule has 2 heterocycles. The van der Waals surface area contributed by atoms with Gasteiger partial charge in [0.2, 0.25) is 5.88 Å². The zero-order chi connectivity index (χ0) is 20.9. The fourth-order valence-electron chi connectivity index (χ4n) is 3.67. The van der Waals surface area contributed by atoms with Crippen LogP contribution in [-0.4, -0.2) is 45.8 Å². The Bertz CT molecular complexity index is 1050. The Hall–Kier alpha value is -3.54. The molecule has 0 radical (unpaired) electrons. The van der Waals surface area contributed by atoms with Gasteiger partial charge in [0.25, 0.3) is 5.91 Å². The minimum Gasteiger partial charge on any atom is -0.472 e. The van der Waals surface area contributed by atoms with Crippen molar-refractivity contribution in [3.05, 3.63) is 89.4 Å². The van der Waals surface area contributed by atoms with E-state index in [0.717, 1.165) is 12.8 Å². The molecule has 1 aliphatic rings. The minimum atomic E-state index is -0.152. The number of rotatable bonds is 5. The number of piperidine rings is 1. The second kappa shape index (κ2) is 8.86. The number of benzene rings is 2. The Morgan fingerprint density at radius 2 is 1.73 bits per heavy atom. The molecule has 1 unspecified atom stereocenters. The van der Waals surface area contributed by atoms with Gasteiger partial charge < -0.3 is 9.64 Å². The Morgan fingerprint density at radius 1 is 1.00 bits per heavy atom. The number of ether oxygens (including phenoxy) is 1. The summed E-state index contributed by atoms with van der Waals surface area (Å²) < 4.78 is 5.99. The molecule has 6 heteroatoms. The number of hydrogen-bond acceptors (Lipinski definition) is 5. The van der Waals surface area contributed by atoms with Crippen LogP contribution in [0.25, 0.3) is 0 Å². The maximum atomic E-state index is 13.3. The van der Waals surface area contributed by atoms with Crippen molar-refractivity contribution < 1.29 is 14.3 Å². The van der Waals surface area contributed by atoms with Gasteiger partial charge >= 0.3 is 0 Å². The molecule has 0 bridgehead atoms. The first kappa shape index (κ1) is 19.8. The summed E-state index contributed by atoms with van der Waals surface area (Å²) in [6, 6.07) is 17.8. The Balaban J connectivity index is 1.52. The fourth-order valence-corrected chi connectivity index (χ4v) is 3.67. The smallest absolute Gasteiger partial charge is 0.254 e. The highest BCUT2D eigenvalue weighted by atomic mass is 16.5. The number of carbonyl (C=O) groups excluding carboxylic acids is 2. The highest BCUT2D eigenvalue weighted by Gasteiger charge is 2.28. The summed E-state index contributed by atoms with van der Waals surface area (Å²) in [4.78, 5) is 36.4. The summed E-state index contributed by atoms with van der Waals surface area (Å²) >= 11 is 0. The first-order valence-electron chi connectivity index (χ1n) is 10.1. The van der Waals surface area contributed by atoms with Crippen LogP contribution in [0.4, 0.5) is 0 Å². The molecule has 4 rings (SSSR count). The monoisotopic (exact) mass is 401 g/mol. The topological polar surface area (TPSA) is 72.4 Å². The van der Waals surface area contributed by atoms with Gasteiger partial charge in [-0.3, -0.25) is 9.59 Å². The standard InChI is InChI=1S/C24H23N3O3/c1-17-25-14-13-22(26-17)30-19-10-7-15-27(16-19)24(29)21-12-6-5-11-20(21)23(28)18-8-3-2-4-9-18/h2-6,8-9,11-14,19H,7,10,15-16H2,1H3. The summed E-state index contributed by atoms with van der Waals surface area (Å²) in [5.74, 6) is 0.855. The lowest BCUT2D eigenvalue weighted by Crippen LogP contribution is -2.44. The van der Waals surface area contributed by atoms with Gasteiger partial charge in [-0.05, 0) is 25.8 Å². The minimum absolute atomic E-state index is 0.144. The molecular formula is C24H23N3O3. The molecule has 0 aliphatic carbocycles. The first-order valence-corrected chi connectivity index (χ1v) is 10.1. The highest BCUT2D eigenvalue weighted by molar-refractivity contribution is 6.15. The molecule has 1 amide bonds. The van der Waals surface area contributed by atoms with Gasteiger partial charge in [0.15, 0.2) is 5.78 Å². The van der Waals surface area contributed by atoms with Gasteiger partial charge in [0.1, 0.15) is 11.9 Å². The van der Waals surface area contributed by atoms with Gasteiger partial charge in [-0.15, -0.1) is 0 Å². The lowest BCUT2D eigenvalue weighted by Gasteiger charge is -2.33. The third kappa shape index (κ3) is 4.38. The molecule has 0 saturated carbocycles. The lowest BCUT2D eigenvalue weighted by molar-refractivity contribution is 0.0525. The van der Waals surface area contributed by atoms with Crippen molar-refractivity contribution in [1.82, 2.24) is 14.9 Å². The van der Waals surface area contributed by atoms with E-state index in [9.17, 15) is 9.59 Å². The van der Waals surface area contributed by atoms with Crippen LogP contribution in [0.15, 0.2) is 66.9 Å². The van der Waals surface area contributed by atoms with Crippen molar-refractivity contribution >= 4 is 11.7 Å². The normalized spacial score (nSPS) is 16.2. The summed E-state index contributed by atoms with van der Waals surface area (Å²) in [7, 11) is 0. The van der Waals surface area contributed by atoms with Gasteiger partial charge in [-0.1, -0.05) is 48.5 Å². The molecule has 1 atom stereocenters. The Labute approximate surface area is 175 Å². The van der Waals surface area contributed by atoms with E-state index >= 15 is 0 Å². The molecule has 0 spiro atoms. The van der Waals surface area contributed by atoms with Crippen LogP contribution in [-0.2, 0) is 0 Å². The quantitative estimate of drug-likeness (QED) is 0.610. The van der Waals surface area contributed by atoms with E-state index in [2.05, 4.69) is 9.97 Å². The van der Waals surface area contributed by atoms with Crippen molar-refractivity contribution in [1.29, 1.82) is 0 Å². The maximum absolute atomic E-state index is 13.3. The van der Waals surface area contributed by atoms with E-state index in [0.29, 0.717) is 41.5 Å². The van der Waals surface area contributed by atoms with Gasteiger partial charge in [-0.2, -0.15) is 4.98 Å². The molecule has 0 N–H and O–H groups in total. The predicted molar refractivity (Wildman–Crippen MR) is 113 cm³/mol. The van der Waals surface area contributed by atoms with Gasteiger partial charge in [-0.25, -0.2) is 4.98 Å². The summed E-state index contributed by atoms with van der Waals surface area (Å²) in [6.45, 7) is 2.90. The van der Waals surface area contributed by atoms with E-state index in [4.69, 9.17) is 4.74 Å². The van der Waals surface area contributed by atoms with E-state index < -0.39 is 0 Å². The van der Waals surface area contributed by atoms with Crippen LogP contribution in [0.1, 0.15) is 44.9 Å². The molecule has 3 aromatic rings. The largest absolute Gasteiger partial charge is 0.472 e. The third-order valence-corrected chi connectivity index (χ3v) is 5.14. The summed E-state index contributed by atoms with van der Waals surface area (Å²) in [6.07, 6.45) is 3.19. The zero-order valence-corrected chi connectivity index (χ0v) is 16.8. The molecular weight excluding hydrogens is 378 g/mol. The second-order valence-corrected chi connectivity index (χ2v) is 7.32. The number of nitrogens with zero attached hydrogens (tertiary/aromatic N) is 3. The molecule has 1 saturated heterocycles. The summed E-state index contributed by atoms with van der Waals surface area (Å²) in [5.41, 5.74) is 1.41. The Morgan fingerprint density at radius 3 is 2.50 bits per heavy atom. The number of carbonyl (C=O) groups is 2. The second-order valence-electron chi connectivity index (χ2n) is 7.32. The van der Waals surface area contributed by atoms with Crippen molar-refractivity contribution in [3.8, 4) is 5.88 Å². The lowest BCUT2D eigenvalue weighted by atomic mass is 9.97. The van der Waals surface area contributed by atoms with E-state index in [1.165, 1.54) is 0 Å². The van der Waals surface area contributed by atoms with Crippen LogP contribution in [0.3, 0.4) is 0 Å². The molecule has 1 fully saturated rings. The molecule has 6 nitrogen and oxygen atoms in total. The van der Waals surface area contributed by atoms with Crippen LogP contribution in [0.5, 0.6) is 5.88 Å². The SMILES string of the molecule is Cc1nccc(OC2CCCN(C(=O)c3ccccc3C(=O)c3ccccc3)C2)n1. The molecule has 152 valence electrons. The number of likely N-dealkylation sites (tertiary alicyclic amines) is 1. The van der Waals surface area contributed by atoms with Crippen LogP contribution >= 0.6 is 0 Å². The van der Waals surface area contributed by atoms with E-state index in [1.54, 1.807) is 53.6 Å². The van der Waals surface area contributed by atoms with Gasteiger partial charge in [0.05, 0.1) is 12.1 Å². The average Bonchev–Trinajstić information content (AvgIpc) is 2.79. The van der Waals surface area contributed by atoms with Gasteiger partial charge in [0, 0.05) is 29.9 Å². The number of amides is 1. The van der Waals surface area contributed by atoms with E-state index in [1.807, 2.05) is 25.1 Å². The molecule has 1 aromatic heterocycles. The zero-order valence-electron chi connectivity index (χ0n) is 16.8. The number of aryl methyl sites for hydroxylation is 1. The van der Waals surface area contributed by atoms with Crippen LogP contribution in [0.2, 0.25) is 0 Å². The van der Waals surface area contributed by atoms with Crippen molar-refractivity contribution in [2.75, 3.05) is 13.1 Å². The number of aromatic nitrogens is 2. The third-order valence-electron chi connectivity index (χ3n) is 5.14. The number of ketones is 1. The van der Waals surface area contributed by atoms with Crippen molar-refractivity contribution in [2.45, 2.75) is 25.9 Å². The molecule has 1 aliphatic heterocycles. The first-order chi connectivity index (χ1) is 14.6. The fraction of sp³-hybridized carbons (Fsp3) is 0.250. The van der Waals surface area contributed by atoms with Crippen LogP contribution in [0, 0.1) is 6.92 Å². The van der Waals surface area contributed by atoms with Crippen LogP contribution < -0.4 is 4.74 Å². The highest BCUT2D eigenvalue weighted by Crippen LogP contribution is 2.21. The molecule has 2 aromatic carbocycles. The predicted octanol–water partition coefficient (Wildman–Crippen LogP) is 3.70. The summed E-state index contributed by atoms with van der Waals surface area (Å²) in [5, 5.41) is 0. The van der Waals surface area contributed by atoms with Crippen molar-refractivity contribution in [3.63, 3.8) is 0 Å². The average molecular weight is 401 g/mol. The maximum Gasteiger partial charge on any atom is 0.254 e. The van der Waals surface area contributed by atoms with Crippen molar-refractivity contribution in [2.24, 2.45) is 0 Å². The number of hydrogen-bond donors (Lipinski definition) is 0. The molecule has 30 heavy (non-hydrogen) atoms.